The average molecular weight is 287 g/mol. The first-order valence-corrected chi connectivity index (χ1v) is 7.02. The zero-order chi connectivity index (χ0) is 15.4. The average Bonchev–Trinajstić information content (AvgIpc) is 2.90. The maximum atomic E-state index is 12.2. The lowest BCUT2D eigenvalue weighted by Gasteiger charge is -2.18. The maximum absolute atomic E-state index is 12.2. The Hall–Kier alpha value is -2.14. The van der Waals surface area contributed by atoms with Gasteiger partial charge in [0.15, 0.2) is 0 Å². The summed E-state index contributed by atoms with van der Waals surface area (Å²) in [7, 11) is 1.75. The number of aliphatic hydroxyl groups is 1. The molecule has 112 valence electrons. The summed E-state index contributed by atoms with van der Waals surface area (Å²) in [6.45, 7) is 4.24. The third-order valence-electron chi connectivity index (χ3n) is 3.32. The largest absolute Gasteiger partial charge is 0.393 e. The van der Waals surface area contributed by atoms with Crippen molar-refractivity contribution < 1.29 is 9.90 Å². The van der Waals surface area contributed by atoms with Gasteiger partial charge >= 0.3 is 0 Å². The smallest absolute Gasteiger partial charge is 0.253 e. The molecule has 0 radical (unpaired) electrons. The first-order valence-electron chi connectivity index (χ1n) is 7.02. The Labute approximate surface area is 124 Å². The normalized spacial score (nSPS) is 12.2. The van der Waals surface area contributed by atoms with Gasteiger partial charge in [-0.3, -0.25) is 4.79 Å². The number of carbonyl (C=O) groups excluding carboxylic acids is 1. The van der Waals surface area contributed by atoms with Crippen molar-refractivity contribution in [2.75, 3.05) is 13.6 Å². The number of hydrogen-bond acceptors (Lipinski definition) is 3. The SMILES string of the molecule is Cc1cnn(-c2ccc(C(=O)N(C)CCC(C)O)cc2)c1. The standard InChI is InChI=1S/C16H21N3O2/c1-12-10-17-19(11-12)15-6-4-14(5-7-15)16(21)18(3)9-8-13(2)20/h4-7,10-11,13,20H,8-9H2,1-3H3. The number of carbonyl (C=O) groups is 1. The number of nitrogens with zero attached hydrogens (tertiary/aromatic N) is 3. The molecule has 5 nitrogen and oxygen atoms in total. The van der Waals surface area contributed by atoms with E-state index in [1.807, 2.05) is 25.3 Å². The van der Waals surface area contributed by atoms with Crippen LogP contribution < -0.4 is 0 Å². The highest BCUT2D eigenvalue weighted by atomic mass is 16.3. The molecule has 0 aliphatic carbocycles. The number of benzene rings is 1. The number of aliphatic hydroxyl groups excluding tert-OH is 1. The predicted octanol–water partition coefficient (Wildman–Crippen LogP) is 2.02. The van der Waals surface area contributed by atoms with Crippen LogP contribution in [0.25, 0.3) is 5.69 Å². The lowest BCUT2D eigenvalue weighted by molar-refractivity contribution is 0.0769. The van der Waals surface area contributed by atoms with E-state index in [9.17, 15) is 9.90 Å². The highest BCUT2D eigenvalue weighted by Crippen LogP contribution is 2.11. The molecule has 1 amide bonds. The molecule has 5 heteroatoms. The minimum absolute atomic E-state index is 0.0427. The minimum atomic E-state index is -0.398. The number of aromatic nitrogens is 2. The fourth-order valence-electron chi connectivity index (χ4n) is 2.01. The molecule has 2 aromatic rings. The predicted molar refractivity (Wildman–Crippen MR) is 81.6 cm³/mol. The van der Waals surface area contributed by atoms with E-state index in [2.05, 4.69) is 5.10 Å². The van der Waals surface area contributed by atoms with E-state index in [4.69, 9.17) is 0 Å². The fraction of sp³-hybridized carbons (Fsp3) is 0.375. The molecular formula is C16H21N3O2. The molecule has 1 aromatic heterocycles. The van der Waals surface area contributed by atoms with Crippen molar-refractivity contribution in [2.24, 2.45) is 0 Å². The van der Waals surface area contributed by atoms with Crippen LogP contribution >= 0.6 is 0 Å². The summed E-state index contributed by atoms with van der Waals surface area (Å²) < 4.78 is 1.78. The number of hydrogen-bond donors (Lipinski definition) is 1. The Bertz CT molecular complexity index is 602. The summed E-state index contributed by atoms with van der Waals surface area (Å²) in [4.78, 5) is 13.9. The van der Waals surface area contributed by atoms with Gasteiger partial charge in [0.05, 0.1) is 18.0 Å². The second-order valence-corrected chi connectivity index (χ2v) is 5.37. The lowest BCUT2D eigenvalue weighted by atomic mass is 10.1. The van der Waals surface area contributed by atoms with Gasteiger partial charge < -0.3 is 10.0 Å². The van der Waals surface area contributed by atoms with E-state index < -0.39 is 6.10 Å². The minimum Gasteiger partial charge on any atom is -0.393 e. The summed E-state index contributed by atoms with van der Waals surface area (Å²) in [6, 6.07) is 7.35. The van der Waals surface area contributed by atoms with E-state index in [0.717, 1.165) is 11.3 Å². The van der Waals surface area contributed by atoms with Crippen LogP contribution in [0, 0.1) is 6.92 Å². The molecule has 0 aliphatic heterocycles. The summed E-state index contributed by atoms with van der Waals surface area (Å²) in [5.41, 5.74) is 2.65. The Kier molecular flexibility index (Phi) is 4.75. The topological polar surface area (TPSA) is 58.4 Å². The van der Waals surface area contributed by atoms with Crippen LogP contribution in [0.15, 0.2) is 36.7 Å². The van der Waals surface area contributed by atoms with Crippen molar-refractivity contribution in [3.8, 4) is 5.69 Å². The van der Waals surface area contributed by atoms with Crippen molar-refractivity contribution in [3.63, 3.8) is 0 Å². The molecule has 0 bridgehead atoms. The van der Waals surface area contributed by atoms with Crippen LogP contribution in [0.1, 0.15) is 29.3 Å². The molecule has 0 fully saturated rings. The molecule has 0 spiro atoms. The molecule has 1 heterocycles. The van der Waals surface area contributed by atoms with Gasteiger partial charge in [-0.25, -0.2) is 4.68 Å². The van der Waals surface area contributed by atoms with Crippen LogP contribution in [-0.4, -0.2) is 45.4 Å². The summed E-state index contributed by atoms with van der Waals surface area (Å²) in [5.74, 6) is -0.0427. The molecule has 21 heavy (non-hydrogen) atoms. The third-order valence-corrected chi connectivity index (χ3v) is 3.32. The van der Waals surface area contributed by atoms with Gasteiger partial charge in [-0.2, -0.15) is 5.10 Å². The highest BCUT2D eigenvalue weighted by molar-refractivity contribution is 5.94. The summed E-state index contributed by atoms with van der Waals surface area (Å²) >= 11 is 0. The summed E-state index contributed by atoms with van der Waals surface area (Å²) in [5, 5.41) is 13.5. The van der Waals surface area contributed by atoms with Crippen molar-refractivity contribution >= 4 is 5.91 Å². The monoisotopic (exact) mass is 287 g/mol. The van der Waals surface area contributed by atoms with Gasteiger partial charge in [-0.05, 0) is 50.1 Å². The second kappa shape index (κ2) is 6.54. The number of aryl methyl sites for hydroxylation is 1. The van der Waals surface area contributed by atoms with E-state index in [-0.39, 0.29) is 5.91 Å². The summed E-state index contributed by atoms with van der Waals surface area (Å²) in [6.07, 6.45) is 3.91. The Morgan fingerprint density at radius 3 is 2.57 bits per heavy atom. The van der Waals surface area contributed by atoms with Crippen molar-refractivity contribution in [2.45, 2.75) is 26.4 Å². The molecular weight excluding hydrogens is 266 g/mol. The van der Waals surface area contributed by atoms with Crippen LogP contribution in [0.4, 0.5) is 0 Å². The molecule has 0 aliphatic rings. The number of rotatable bonds is 5. The third kappa shape index (κ3) is 3.92. The van der Waals surface area contributed by atoms with Gasteiger partial charge in [-0.1, -0.05) is 0 Å². The second-order valence-electron chi connectivity index (χ2n) is 5.37. The molecule has 0 saturated heterocycles. The molecule has 0 saturated carbocycles. The Morgan fingerprint density at radius 1 is 1.38 bits per heavy atom. The molecule has 1 unspecified atom stereocenters. The van der Waals surface area contributed by atoms with E-state index in [1.54, 1.807) is 41.9 Å². The van der Waals surface area contributed by atoms with Crippen molar-refractivity contribution in [1.29, 1.82) is 0 Å². The lowest BCUT2D eigenvalue weighted by Crippen LogP contribution is -2.29. The van der Waals surface area contributed by atoms with Crippen LogP contribution in [0.5, 0.6) is 0 Å². The van der Waals surface area contributed by atoms with E-state index in [1.165, 1.54) is 0 Å². The Balaban J connectivity index is 2.06. The van der Waals surface area contributed by atoms with Gasteiger partial charge in [-0.15, -0.1) is 0 Å². The van der Waals surface area contributed by atoms with Gasteiger partial charge in [0, 0.05) is 25.4 Å². The van der Waals surface area contributed by atoms with Crippen molar-refractivity contribution in [1.82, 2.24) is 14.7 Å². The van der Waals surface area contributed by atoms with Crippen LogP contribution in [0.3, 0.4) is 0 Å². The first kappa shape index (κ1) is 15.3. The van der Waals surface area contributed by atoms with E-state index >= 15 is 0 Å². The highest BCUT2D eigenvalue weighted by Gasteiger charge is 2.12. The van der Waals surface area contributed by atoms with Gasteiger partial charge in [0.2, 0.25) is 0 Å². The zero-order valence-corrected chi connectivity index (χ0v) is 12.7. The first-order chi connectivity index (χ1) is 9.97. The van der Waals surface area contributed by atoms with Crippen molar-refractivity contribution in [3.05, 3.63) is 47.8 Å². The van der Waals surface area contributed by atoms with Crippen LogP contribution in [-0.2, 0) is 0 Å². The van der Waals surface area contributed by atoms with Crippen LogP contribution in [0.2, 0.25) is 0 Å². The molecule has 2 rings (SSSR count). The molecule has 1 aromatic carbocycles. The maximum Gasteiger partial charge on any atom is 0.253 e. The zero-order valence-electron chi connectivity index (χ0n) is 12.7. The van der Waals surface area contributed by atoms with Gasteiger partial charge in [0.1, 0.15) is 0 Å². The van der Waals surface area contributed by atoms with E-state index in [0.29, 0.717) is 18.5 Å². The van der Waals surface area contributed by atoms with Gasteiger partial charge in [0.25, 0.3) is 5.91 Å². The fourth-order valence-corrected chi connectivity index (χ4v) is 2.01. The quantitative estimate of drug-likeness (QED) is 0.915. The molecule has 1 N–H and O–H groups in total. The Morgan fingerprint density at radius 2 is 2.05 bits per heavy atom. The molecule has 1 atom stereocenters. The number of amides is 1.